The molecule has 0 spiro atoms. The van der Waals surface area contributed by atoms with Crippen molar-refractivity contribution in [1.29, 1.82) is 0 Å². The zero-order valence-corrected chi connectivity index (χ0v) is 8.21. The van der Waals surface area contributed by atoms with Crippen LogP contribution in [-0.2, 0) is 6.54 Å². The maximum absolute atomic E-state index is 12.1. The van der Waals surface area contributed by atoms with Gasteiger partial charge in [-0.2, -0.15) is 13.2 Å². The van der Waals surface area contributed by atoms with Gasteiger partial charge in [-0.15, -0.1) is 0 Å². The fourth-order valence-corrected chi connectivity index (χ4v) is 0.975. The van der Waals surface area contributed by atoms with Gasteiger partial charge >= 0.3 is 6.18 Å². The van der Waals surface area contributed by atoms with Crippen LogP contribution >= 0.6 is 0 Å². The maximum Gasteiger partial charge on any atom is 0.425 e. The molecular formula is C10H12F3NO. The summed E-state index contributed by atoms with van der Waals surface area (Å²) in [6, 6.07) is 6.23. The number of rotatable bonds is 3. The van der Waals surface area contributed by atoms with Crippen LogP contribution < -0.4 is 10.5 Å². The van der Waals surface area contributed by atoms with Crippen LogP contribution in [0.1, 0.15) is 12.5 Å². The van der Waals surface area contributed by atoms with Gasteiger partial charge < -0.3 is 10.5 Å². The molecule has 0 aliphatic carbocycles. The SMILES string of the molecule is CC(Oc1ccc(CN)cc1)C(F)(F)F. The van der Waals surface area contributed by atoms with E-state index in [0.717, 1.165) is 12.5 Å². The summed E-state index contributed by atoms with van der Waals surface area (Å²) >= 11 is 0. The molecule has 0 amide bonds. The molecule has 0 aliphatic heterocycles. The summed E-state index contributed by atoms with van der Waals surface area (Å²) in [5, 5.41) is 0. The summed E-state index contributed by atoms with van der Waals surface area (Å²) < 4.78 is 41.1. The van der Waals surface area contributed by atoms with Crippen LogP contribution in [0.15, 0.2) is 24.3 Å². The minimum Gasteiger partial charge on any atom is -0.481 e. The molecule has 0 saturated carbocycles. The molecule has 0 bridgehead atoms. The molecule has 0 aliphatic rings. The maximum atomic E-state index is 12.1. The fourth-order valence-electron chi connectivity index (χ4n) is 0.975. The highest BCUT2D eigenvalue weighted by atomic mass is 19.4. The molecule has 1 atom stereocenters. The van der Waals surface area contributed by atoms with Crippen molar-refractivity contribution < 1.29 is 17.9 Å². The van der Waals surface area contributed by atoms with Gasteiger partial charge in [0.05, 0.1) is 0 Å². The van der Waals surface area contributed by atoms with Crippen LogP contribution in [-0.4, -0.2) is 12.3 Å². The Balaban J connectivity index is 2.65. The first-order chi connectivity index (χ1) is 6.93. The van der Waals surface area contributed by atoms with E-state index < -0.39 is 12.3 Å². The van der Waals surface area contributed by atoms with Crippen LogP contribution in [0.4, 0.5) is 13.2 Å². The normalized spacial score (nSPS) is 13.7. The molecule has 0 fully saturated rings. The largest absolute Gasteiger partial charge is 0.481 e. The van der Waals surface area contributed by atoms with Crippen molar-refractivity contribution in [3.8, 4) is 5.75 Å². The van der Waals surface area contributed by atoms with Crippen LogP contribution in [0.5, 0.6) is 5.75 Å². The van der Waals surface area contributed by atoms with E-state index in [1.54, 1.807) is 12.1 Å². The molecule has 84 valence electrons. The smallest absolute Gasteiger partial charge is 0.425 e. The number of nitrogens with two attached hydrogens (primary N) is 1. The molecule has 2 nitrogen and oxygen atoms in total. The van der Waals surface area contributed by atoms with E-state index in [2.05, 4.69) is 0 Å². The molecule has 0 aromatic heterocycles. The van der Waals surface area contributed by atoms with Crippen molar-refractivity contribution in [3.05, 3.63) is 29.8 Å². The van der Waals surface area contributed by atoms with Crippen molar-refractivity contribution >= 4 is 0 Å². The second-order valence-electron chi connectivity index (χ2n) is 3.15. The highest BCUT2D eigenvalue weighted by Crippen LogP contribution is 2.24. The topological polar surface area (TPSA) is 35.2 Å². The molecule has 1 rings (SSSR count). The quantitative estimate of drug-likeness (QED) is 0.847. The summed E-state index contributed by atoms with van der Waals surface area (Å²) in [5.74, 6) is 0.192. The average Bonchev–Trinajstić information content (AvgIpc) is 2.17. The Labute approximate surface area is 85.8 Å². The van der Waals surface area contributed by atoms with Crippen molar-refractivity contribution in [1.82, 2.24) is 0 Å². The molecule has 15 heavy (non-hydrogen) atoms. The van der Waals surface area contributed by atoms with Gasteiger partial charge in [0.25, 0.3) is 0 Å². The van der Waals surface area contributed by atoms with E-state index in [-0.39, 0.29) is 5.75 Å². The standard InChI is InChI=1S/C10H12F3NO/c1-7(10(11,12)13)15-9-4-2-8(6-14)3-5-9/h2-5,7H,6,14H2,1H3. The van der Waals surface area contributed by atoms with Gasteiger partial charge in [0.2, 0.25) is 0 Å². The Morgan fingerprint density at radius 3 is 2.20 bits per heavy atom. The third kappa shape index (κ3) is 3.43. The first-order valence-electron chi connectivity index (χ1n) is 4.46. The van der Waals surface area contributed by atoms with Crippen molar-refractivity contribution in [3.63, 3.8) is 0 Å². The zero-order valence-electron chi connectivity index (χ0n) is 8.21. The second-order valence-corrected chi connectivity index (χ2v) is 3.15. The molecule has 1 unspecified atom stereocenters. The zero-order chi connectivity index (χ0) is 11.5. The van der Waals surface area contributed by atoms with E-state index in [4.69, 9.17) is 10.5 Å². The predicted molar refractivity (Wildman–Crippen MR) is 50.5 cm³/mol. The average molecular weight is 219 g/mol. The van der Waals surface area contributed by atoms with Gasteiger partial charge in [-0.05, 0) is 24.6 Å². The highest BCUT2D eigenvalue weighted by molar-refractivity contribution is 5.27. The molecule has 0 radical (unpaired) electrons. The van der Waals surface area contributed by atoms with Gasteiger partial charge in [-0.1, -0.05) is 12.1 Å². The van der Waals surface area contributed by atoms with Crippen molar-refractivity contribution in [2.24, 2.45) is 5.73 Å². The van der Waals surface area contributed by atoms with E-state index in [1.807, 2.05) is 0 Å². The molecular weight excluding hydrogens is 207 g/mol. The Morgan fingerprint density at radius 1 is 1.27 bits per heavy atom. The Hall–Kier alpha value is -1.23. The second kappa shape index (κ2) is 4.53. The lowest BCUT2D eigenvalue weighted by atomic mass is 10.2. The fraction of sp³-hybridized carbons (Fsp3) is 0.400. The third-order valence-corrected chi connectivity index (χ3v) is 1.93. The Kier molecular flexibility index (Phi) is 3.57. The van der Waals surface area contributed by atoms with E-state index >= 15 is 0 Å². The molecule has 1 aromatic rings. The van der Waals surface area contributed by atoms with Crippen LogP contribution in [0, 0.1) is 0 Å². The summed E-state index contributed by atoms with van der Waals surface area (Å²) in [6.45, 7) is 1.33. The van der Waals surface area contributed by atoms with Gasteiger partial charge in [-0.25, -0.2) is 0 Å². The summed E-state index contributed by atoms with van der Waals surface area (Å²) in [7, 11) is 0. The van der Waals surface area contributed by atoms with Gasteiger partial charge in [0.15, 0.2) is 6.10 Å². The van der Waals surface area contributed by atoms with E-state index in [9.17, 15) is 13.2 Å². The summed E-state index contributed by atoms with van der Waals surface area (Å²) in [5.41, 5.74) is 6.20. The highest BCUT2D eigenvalue weighted by Gasteiger charge is 2.37. The minimum absolute atomic E-state index is 0.192. The van der Waals surface area contributed by atoms with Crippen LogP contribution in [0.2, 0.25) is 0 Å². The van der Waals surface area contributed by atoms with Gasteiger partial charge in [0.1, 0.15) is 5.75 Å². The lowest BCUT2D eigenvalue weighted by Crippen LogP contribution is -2.31. The number of ether oxygens (including phenoxy) is 1. The van der Waals surface area contributed by atoms with Crippen molar-refractivity contribution in [2.45, 2.75) is 25.7 Å². The first-order valence-corrected chi connectivity index (χ1v) is 4.46. The number of hydrogen-bond acceptors (Lipinski definition) is 2. The van der Waals surface area contributed by atoms with Crippen LogP contribution in [0.3, 0.4) is 0 Å². The number of halogens is 3. The third-order valence-electron chi connectivity index (χ3n) is 1.93. The van der Waals surface area contributed by atoms with E-state index in [0.29, 0.717) is 6.54 Å². The lowest BCUT2D eigenvalue weighted by molar-refractivity contribution is -0.189. The molecule has 0 saturated heterocycles. The lowest BCUT2D eigenvalue weighted by Gasteiger charge is -2.17. The van der Waals surface area contributed by atoms with Gasteiger partial charge in [-0.3, -0.25) is 0 Å². The van der Waals surface area contributed by atoms with E-state index in [1.165, 1.54) is 12.1 Å². The summed E-state index contributed by atoms with van der Waals surface area (Å²) in [4.78, 5) is 0. The van der Waals surface area contributed by atoms with Crippen LogP contribution in [0.25, 0.3) is 0 Å². The number of benzene rings is 1. The monoisotopic (exact) mass is 219 g/mol. The number of alkyl halides is 3. The number of hydrogen-bond donors (Lipinski definition) is 1. The molecule has 1 aromatic carbocycles. The predicted octanol–water partition coefficient (Wildman–Crippen LogP) is 2.47. The molecule has 2 N–H and O–H groups in total. The first kappa shape index (κ1) is 11.8. The Bertz CT molecular complexity index is 307. The molecule has 5 heteroatoms. The summed E-state index contributed by atoms with van der Waals surface area (Å²) in [6.07, 6.45) is -6.15. The van der Waals surface area contributed by atoms with Crippen molar-refractivity contribution in [2.75, 3.05) is 0 Å². The van der Waals surface area contributed by atoms with Gasteiger partial charge in [0, 0.05) is 6.54 Å². The molecule has 0 heterocycles. The Morgan fingerprint density at radius 2 is 1.80 bits per heavy atom. The minimum atomic E-state index is -4.34.